The van der Waals surface area contributed by atoms with Crippen LogP contribution in [0.1, 0.15) is 0 Å². The van der Waals surface area contributed by atoms with Crippen LogP contribution in [0.2, 0.25) is 0 Å². The van der Waals surface area contributed by atoms with E-state index in [1.165, 1.54) is 24.3 Å². The summed E-state index contributed by atoms with van der Waals surface area (Å²) in [6, 6.07) is 4.13. The summed E-state index contributed by atoms with van der Waals surface area (Å²) < 4.78 is 5.48. The van der Waals surface area contributed by atoms with E-state index in [0.717, 1.165) is 4.90 Å². The number of hydrogen-bond donors (Lipinski definition) is 4. The summed E-state index contributed by atoms with van der Waals surface area (Å²) in [5.41, 5.74) is -0.263. The van der Waals surface area contributed by atoms with Gasteiger partial charge in [-0.2, -0.15) is 0 Å². The molecular weight excluding hydrogens is 310 g/mol. The SMILES string of the molecule is O=C1N[C@@H]2[C@@H](O)[C@@H]([C@H](O)CO)O[C@@H]2N1c1ccccc1[N+](=O)[O-]. The van der Waals surface area contributed by atoms with Crippen molar-refractivity contribution in [3.63, 3.8) is 0 Å². The van der Waals surface area contributed by atoms with E-state index in [1.54, 1.807) is 0 Å². The molecule has 23 heavy (non-hydrogen) atoms. The van der Waals surface area contributed by atoms with Gasteiger partial charge in [0.05, 0.1) is 11.5 Å². The highest BCUT2D eigenvalue weighted by molar-refractivity contribution is 5.97. The van der Waals surface area contributed by atoms with E-state index >= 15 is 0 Å². The molecule has 1 aromatic rings. The first-order chi connectivity index (χ1) is 11.0. The third kappa shape index (κ3) is 2.41. The van der Waals surface area contributed by atoms with Gasteiger partial charge in [-0.3, -0.25) is 15.0 Å². The van der Waals surface area contributed by atoms with Crippen molar-refractivity contribution in [2.45, 2.75) is 30.6 Å². The molecule has 124 valence electrons. The molecule has 4 N–H and O–H groups in total. The van der Waals surface area contributed by atoms with Gasteiger partial charge < -0.3 is 25.4 Å². The van der Waals surface area contributed by atoms with Gasteiger partial charge in [-0.05, 0) is 6.07 Å². The zero-order valence-corrected chi connectivity index (χ0v) is 11.8. The molecule has 3 rings (SSSR count). The minimum atomic E-state index is -1.33. The number of amides is 2. The van der Waals surface area contributed by atoms with Crippen LogP contribution >= 0.6 is 0 Å². The molecule has 2 saturated heterocycles. The molecule has 0 bridgehead atoms. The standard InChI is InChI=1S/C13H15N3O7/c17-5-8(18)11-10(19)9-12(23-11)15(13(20)14-9)6-3-1-2-4-7(6)16(21)22/h1-4,8-12,17-19H,5H2,(H,14,20)/t8-,9-,10-,11-,12+/m1/s1. The number of aliphatic hydroxyl groups excluding tert-OH is 3. The number of nitrogens with one attached hydrogen (secondary N) is 1. The quantitative estimate of drug-likeness (QED) is 0.407. The summed E-state index contributed by atoms with van der Waals surface area (Å²) in [5.74, 6) is 0. The number of nitro benzene ring substituents is 1. The van der Waals surface area contributed by atoms with E-state index in [-0.39, 0.29) is 11.4 Å². The predicted molar refractivity (Wildman–Crippen MR) is 75.7 cm³/mol. The minimum Gasteiger partial charge on any atom is -0.394 e. The smallest absolute Gasteiger partial charge is 0.324 e. The summed E-state index contributed by atoms with van der Waals surface area (Å²) in [4.78, 5) is 23.7. The van der Waals surface area contributed by atoms with Crippen molar-refractivity contribution in [1.82, 2.24) is 5.32 Å². The van der Waals surface area contributed by atoms with Crippen molar-refractivity contribution >= 4 is 17.4 Å². The molecule has 0 aromatic heterocycles. The van der Waals surface area contributed by atoms with Gasteiger partial charge in [-0.1, -0.05) is 12.1 Å². The van der Waals surface area contributed by atoms with Crippen molar-refractivity contribution < 1.29 is 29.8 Å². The third-order valence-electron chi connectivity index (χ3n) is 3.98. The van der Waals surface area contributed by atoms with Gasteiger partial charge in [-0.15, -0.1) is 0 Å². The van der Waals surface area contributed by atoms with Crippen molar-refractivity contribution in [1.29, 1.82) is 0 Å². The van der Waals surface area contributed by atoms with E-state index in [4.69, 9.17) is 9.84 Å². The molecule has 0 aliphatic carbocycles. The second-order valence-corrected chi connectivity index (χ2v) is 5.32. The zero-order chi connectivity index (χ0) is 16.7. The molecule has 0 unspecified atom stereocenters. The van der Waals surface area contributed by atoms with Gasteiger partial charge in [0.15, 0.2) is 6.23 Å². The van der Waals surface area contributed by atoms with Crippen LogP contribution in [0.5, 0.6) is 0 Å². The molecule has 0 saturated carbocycles. The number of nitro groups is 1. The molecule has 0 radical (unpaired) electrons. The normalized spacial score (nSPS) is 30.9. The van der Waals surface area contributed by atoms with Crippen molar-refractivity contribution in [2.75, 3.05) is 11.5 Å². The van der Waals surface area contributed by atoms with Crippen LogP contribution < -0.4 is 10.2 Å². The number of hydrogen-bond acceptors (Lipinski definition) is 7. The molecule has 2 aliphatic rings. The summed E-state index contributed by atoms with van der Waals surface area (Å²) in [7, 11) is 0. The number of anilines is 1. The molecule has 2 amide bonds. The Kier molecular flexibility index (Phi) is 3.90. The molecule has 2 heterocycles. The summed E-state index contributed by atoms with van der Waals surface area (Å²) in [6.45, 7) is -0.624. The van der Waals surface area contributed by atoms with Crippen LogP contribution in [0.15, 0.2) is 24.3 Å². The maximum Gasteiger partial charge on any atom is 0.324 e. The third-order valence-corrected chi connectivity index (χ3v) is 3.98. The largest absolute Gasteiger partial charge is 0.394 e. The monoisotopic (exact) mass is 325 g/mol. The maximum atomic E-state index is 12.1. The highest BCUT2D eigenvalue weighted by atomic mass is 16.6. The number of ether oxygens (including phenoxy) is 1. The molecule has 0 spiro atoms. The Balaban J connectivity index is 1.96. The van der Waals surface area contributed by atoms with Gasteiger partial charge in [-0.25, -0.2) is 4.79 Å². The van der Waals surface area contributed by atoms with E-state index in [9.17, 15) is 25.1 Å². The van der Waals surface area contributed by atoms with Crippen LogP contribution in [0.4, 0.5) is 16.2 Å². The second-order valence-electron chi connectivity index (χ2n) is 5.32. The number of carbonyl (C=O) groups is 1. The highest BCUT2D eigenvalue weighted by Crippen LogP contribution is 2.37. The Morgan fingerprint density at radius 3 is 2.78 bits per heavy atom. The fourth-order valence-corrected chi connectivity index (χ4v) is 2.90. The highest BCUT2D eigenvalue weighted by Gasteiger charge is 2.56. The van der Waals surface area contributed by atoms with Crippen LogP contribution in [0.25, 0.3) is 0 Å². The van der Waals surface area contributed by atoms with Crippen molar-refractivity contribution in [2.24, 2.45) is 0 Å². The summed E-state index contributed by atoms with van der Waals surface area (Å²) >= 11 is 0. The molecule has 1 aromatic carbocycles. The van der Waals surface area contributed by atoms with Crippen molar-refractivity contribution in [3.05, 3.63) is 34.4 Å². The molecule has 5 atom stereocenters. The fraction of sp³-hybridized carbons (Fsp3) is 0.462. The molecule has 2 fully saturated rings. The Labute approximate surface area is 130 Å². The lowest BCUT2D eigenvalue weighted by Crippen LogP contribution is -2.45. The number of benzene rings is 1. The van der Waals surface area contributed by atoms with E-state index in [0.29, 0.717) is 0 Å². The Bertz CT molecular complexity index is 640. The van der Waals surface area contributed by atoms with E-state index in [1.807, 2.05) is 0 Å². The number of rotatable bonds is 4. The first-order valence-corrected chi connectivity index (χ1v) is 6.91. The number of fused-ring (bicyclic) bond motifs is 1. The number of urea groups is 1. The van der Waals surface area contributed by atoms with Gasteiger partial charge in [0, 0.05) is 6.07 Å². The lowest BCUT2D eigenvalue weighted by atomic mass is 10.0. The zero-order valence-electron chi connectivity index (χ0n) is 11.8. The van der Waals surface area contributed by atoms with Gasteiger partial charge in [0.2, 0.25) is 0 Å². The topological polar surface area (TPSA) is 145 Å². The Morgan fingerprint density at radius 1 is 1.43 bits per heavy atom. The lowest BCUT2D eigenvalue weighted by molar-refractivity contribution is -0.384. The van der Waals surface area contributed by atoms with E-state index < -0.39 is 48.1 Å². The number of para-hydroxylation sites is 2. The Hall–Kier alpha value is -2.27. The van der Waals surface area contributed by atoms with Crippen LogP contribution in [0, 0.1) is 10.1 Å². The van der Waals surface area contributed by atoms with Crippen molar-refractivity contribution in [3.8, 4) is 0 Å². The molecule has 2 aliphatic heterocycles. The predicted octanol–water partition coefficient (Wildman–Crippen LogP) is -1.07. The van der Waals surface area contributed by atoms with Crippen LogP contribution in [-0.2, 0) is 4.74 Å². The number of aliphatic hydroxyl groups is 3. The maximum absolute atomic E-state index is 12.1. The average molecular weight is 325 g/mol. The van der Waals surface area contributed by atoms with Crippen LogP contribution in [0.3, 0.4) is 0 Å². The molecular formula is C13H15N3O7. The van der Waals surface area contributed by atoms with Crippen LogP contribution in [-0.4, -0.2) is 63.5 Å². The first-order valence-electron chi connectivity index (χ1n) is 6.91. The second kappa shape index (κ2) is 5.74. The minimum absolute atomic E-state index is 0.0221. The molecule has 10 heteroatoms. The lowest BCUT2D eigenvalue weighted by Gasteiger charge is -2.24. The van der Waals surface area contributed by atoms with Gasteiger partial charge in [0.1, 0.15) is 30.0 Å². The number of carbonyl (C=O) groups excluding carboxylic acids is 1. The summed E-state index contributed by atoms with van der Waals surface area (Å²) in [5, 5.41) is 42.5. The summed E-state index contributed by atoms with van der Waals surface area (Å²) in [6.07, 6.45) is -4.72. The number of nitrogens with zero attached hydrogens (tertiary/aromatic N) is 2. The Morgan fingerprint density at radius 2 is 2.13 bits per heavy atom. The van der Waals surface area contributed by atoms with Gasteiger partial charge in [0.25, 0.3) is 5.69 Å². The van der Waals surface area contributed by atoms with Gasteiger partial charge >= 0.3 is 6.03 Å². The fourth-order valence-electron chi connectivity index (χ4n) is 2.90. The van der Waals surface area contributed by atoms with E-state index in [2.05, 4.69) is 5.32 Å². The first kappa shape index (κ1) is 15.6. The average Bonchev–Trinajstić information content (AvgIpc) is 3.02. The molecule has 10 nitrogen and oxygen atoms in total.